The fourth-order valence-corrected chi connectivity index (χ4v) is 3.98. The number of carboxylic acids is 1. The zero-order chi connectivity index (χ0) is 10.7. The van der Waals surface area contributed by atoms with E-state index in [9.17, 15) is 13.8 Å². The summed E-state index contributed by atoms with van der Waals surface area (Å²) < 4.78 is 11.0. The molecule has 3 atom stereocenters. The molecule has 6 heteroatoms. The minimum atomic E-state index is -1.27. The van der Waals surface area contributed by atoms with E-state index in [4.69, 9.17) is 5.11 Å². The molecule has 2 fully saturated rings. The molecule has 2 rings (SSSR count). The molecule has 1 amide bonds. The van der Waals surface area contributed by atoms with Crippen molar-refractivity contribution in [3.8, 4) is 0 Å². The van der Waals surface area contributed by atoms with Crippen LogP contribution in [-0.2, 0) is 20.4 Å². The highest BCUT2D eigenvalue weighted by molar-refractivity contribution is 7.87. The Balaban J connectivity index is 2.43. The average molecular weight is 217 g/mol. The normalized spacial score (nSPS) is 39.1. The van der Waals surface area contributed by atoms with Crippen molar-refractivity contribution in [1.29, 1.82) is 0 Å². The smallest absolute Gasteiger partial charge is 0.327 e. The Morgan fingerprint density at radius 1 is 1.64 bits per heavy atom. The zero-order valence-corrected chi connectivity index (χ0v) is 8.71. The molecule has 2 aliphatic heterocycles. The summed E-state index contributed by atoms with van der Waals surface area (Å²) in [6.07, 6.45) is 0.222. The second-order valence-corrected chi connectivity index (χ2v) is 6.29. The van der Waals surface area contributed by atoms with Crippen molar-refractivity contribution >= 4 is 22.7 Å². The predicted molar refractivity (Wildman–Crippen MR) is 48.9 cm³/mol. The second kappa shape index (κ2) is 2.56. The molecule has 0 aliphatic carbocycles. The van der Waals surface area contributed by atoms with Gasteiger partial charge in [0.25, 0.3) is 0 Å². The minimum Gasteiger partial charge on any atom is -0.480 e. The molecule has 0 radical (unpaired) electrons. The number of carboxylic acid groups (broad SMARTS) is 1. The van der Waals surface area contributed by atoms with Crippen LogP contribution in [0.15, 0.2) is 0 Å². The molecule has 5 nitrogen and oxygen atoms in total. The van der Waals surface area contributed by atoms with Gasteiger partial charge < -0.3 is 10.0 Å². The Labute approximate surface area is 83.5 Å². The van der Waals surface area contributed by atoms with Crippen LogP contribution in [0.1, 0.15) is 20.3 Å². The molecule has 0 aromatic heterocycles. The lowest BCUT2D eigenvalue weighted by atomic mass is 9.98. The van der Waals surface area contributed by atoms with Gasteiger partial charge in [-0.25, -0.2) is 4.79 Å². The number of hydrogen-bond acceptors (Lipinski definition) is 3. The van der Waals surface area contributed by atoms with Crippen LogP contribution in [0.5, 0.6) is 0 Å². The standard InChI is InChI=1S/C8H11NO4S/c1-8(2)6(7(11)12)9-4(10)3-5(9)14(8)13/h5-6H,3H2,1-2H3,(H,11,12)/t5-,6-,14?/m0/s1. The van der Waals surface area contributed by atoms with Gasteiger partial charge >= 0.3 is 5.97 Å². The maximum absolute atomic E-state index is 11.8. The Morgan fingerprint density at radius 2 is 2.21 bits per heavy atom. The highest BCUT2D eigenvalue weighted by atomic mass is 32.2. The maximum Gasteiger partial charge on any atom is 0.327 e. The van der Waals surface area contributed by atoms with Crippen molar-refractivity contribution in [3.05, 3.63) is 0 Å². The monoisotopic (exact) mass is 217 g/mol. The van der Waals surface area contributed by atoms with Gasteiger partial charge in [0, 0.05) is 0 Å². The average Bonchev–Trinajstić information content (AvgIpc) is 2.21. The Bertz CT molecular complexity index is 351. The molecule has 1 N–H and O–H groups in total. The van der Waals surface area contributed by atoms with Crippen LogP contribution in [0.4, 0.5) is 0 Å². The van der Waals surface area contributed by atoms with E-state index >= 15 is 0 Å². The Morgan fingerprint density at radius 3 is 2.57 bits per heavy atom. The summed E-state index contributed by atoms with van der Waals surface area (Å²) in [5.41, 5.74) is 0. The van der Waals surface area contributed by atoms with Gasteiger partial charge in [-0.3, -0.25) is 9.00 Å². The fraction of sp³-hybridized carbons (Fsp3) is 0.750. The summed E-state index contributed by atoms with van der Waals surface area (Å²) in [5, 5.41) is 8.60. The van der Waals surface area contributed by atoms with Gasteiger partial charge in [0.1, 0.15) is 11.4 Å². The summed E-state index contributed by atoms with van der Waals surface area (Å²) in [5.74, 6) is -1.28. The number of carbonyl (C=O) groups is 2. The van der Waals surface area contributed by atoms with Crippen LogP contribution in [0.25, 0.3) is 0 Å². The number of rotatable bonds is 1. The number of β-lactam (4-membered cyclic amide) rings is 1. The number of fused-ring (bicyclic) bond motifs is 1. The fourth-order valence-electron chi connectivity index (χ4n) is 2.10. The second-order valence-electron chi connectivity index (χ2n) is 4.10. The topological polar surface area (TPSA) is 74.7 Å². The van der Waals surface area contributed by atoms with Gasteiger partial charge in [-0.1, -0.05) is 0 Å². The van der Waals surface area contributed by atoms with Crippen LogP contribution in [0.3, 0.4) is 0 Å². The summed E-state index contributed by atoms with van der Waals surface area (Å²) in [4.78, 5) is 23.4. The van der Waals surface area contributed by atoms with E-state index in [0.717, 1.165) is 0 Å². The maximum atomic E-state index is 11.8. The van der Waals surface area contributed by atoms with Crippen molar-refractivity contribution in [3.63, 3.8) is 0 Å². The van der Waals surface area contributed by atoms with Gasteiger partial charge in [0.15, 0.2) is 0 Å². The lowest BCUT2D eigenvalue weighted by Gasteiger charge is -2.35. The van der Waals surface area contributed by atoms with Gasteiger partial charge in [-0.2, -0.15) is 0 Å². The molecule has 78 valence electrons. The first-order valence-corrected chi connectivity index (χ1v) is 5.53. The molecular formula is C8H11NO4S. The number of hydrogen-bond donors (Lipinski definition) is 1. The first-order valence-electron chi connectivity index (χ1n) is 4.32. The molecule has 0 aromatic rings. The van der Waals surface area contributed by atoms with Crippen molar-refractivity contribution in [1.82, 2.24) is 4.90 Å². The van der Waals surface area contributed by atoms with E-state index in [2.05, 4.69) is 0 Å². The van der Waals surface area contributed by atoms with Crippen LogP contribution in [0.2, 0.25) is 0 Å². The number of aliphatic carboxylic acids is 1. The molecule has 0 aromatic carbocycles. The summed E-state index contributed by atoms with van der Waals surface area (Å²) in [6.45, 7) is 3.26. The molecular weight excluding hydrogens is 206 g/mol. The number of carbonyl (C=O) groups excluding carboxylic acids is 1. The molecule has 2 aliphatic rings. The minimum absolute atomic E-state index is 0.207. The number of nitrogens with zero attached hydrogens (tertiary/aromatic N) is 1. The number of amides is 1. The third kappa shape index (κ3) is 0.917. The van der Waals surface area contributed by atoms with Crippen LogP contribution < -0.4 is 0 Å². The highest BCUT2D eigenvalue weighted by Gasteiger charge is 2.63. The SMILES string of the molecule is CC1(C)[C@H](C(=O)O)N2C(=O)C[C@@H]2S1=O. The van der Waals surface area contributed by atoms with Crippen molar-refractivity contribution in [2.75, 3.05) is 0 Å². The highest BCUT2D eigenvalue weighted by Crippen LogP contribution is 2.42. The van der Waals surface area contributed by atoms with Crippen LogP contribution >= 0.6 is 0 Å². The van der Waals surface area contributed by atoms with E-state index in [-0.39, 0.29) is 17.7 Å². The predicted octanol–water partition coefficient (Wildman–Crippen LogP) is -0.461. The molecule has 0 saturated carbocycles. The first kappa shape index (κ1) is 9.64. The van der Waals surface area contributed by atoms with E-state index in [1.54, 1.807) is 13.8 Å². The van der Waals surface area contributed by atoms with Crippen LogP contribution in [-0.4, -0.2) is 42.3 Å². The molecule has 0 bridgehead atoms. The van der Waals surface area contributed by atoms with E-state index in [0.29, 0.717) is 0 Å². The molecule has 2 saturated heterocycles. The third-order valence-corrected chi connectivity index (χ3v) is 5.03. The molecule has 0 spiro atoms. The van der Waals surface area contributed by atoms with E-state index in [1.165, 1.54) is 4.90 Å². The first-order chi connectivity index (χ1) is 6.37. The largest absolute Gasteiger partial charge is 0.480 e. The summed E-state index contributed by atoms with van der Waals surface area (Å²) >= 11 is 0. The van der Waals surface area contributed by atoms with Gasteiger partial charge in [0.2, 0.25) is 5.91 Å². The lowest BCUT2D eigenvalue weighted by molar-refractivity contribution is -0.157. The van der Waals surface area contributed by atoms with Crippen molar-refractivity contribution in [2.24, 2.45) is 0 Å². The van der Waals surface area contributed by atoms with Crippen molar-refractivity contribution in [2.45, 2.75) is 36.4 Å². The molecule has 1 unspecified atom stereocenters. The van der Waals surface area contributed by atoms with Crippen molar-refractivity contribution < 1.29 is 18.9 Å². The van der Waals surface area contributed by atoms with Gasteiger partial charge in [-0.05, 0) is 13.8 Å². The van der Waals surface area contributed by atoms with E-state index < -0.39 is 27.6 Å². The van der Waals surface area contributed by atoms with Gasteiger partial charge in [0.05, 0.1) is 22.0 Å². The summed E-state index contributed by atoms with van der Waals surface area (Å²) in [7, 11) is -1.27. The van der Waals surface area contributed by atoms with E-state index in [1.807, 2.05) is 0 Å². The lowest BCUT2D eigenvalue weighted by Crippen LogP contribution is -2.56. The quantitative estimate of drug-likeness (QED) is 0.603. The Kier molecular flexibility index (Phi) is 1.76. The molecule has 2 heterocycles. The summed E-state index contributed by atoms with van der Waals surface area (Å²) in [6, 6.07) is -0.936. The zero-order valence-electron chi connectivity index (χ0n) is 7.89. The molecule has 14 heavy (non-hydrogen) atoms. The van der Waals surface area contributed by atoms with Gasteiger partial charge in [-0.15, -0.1) is 0 Å². The third-order valence-electron chi connectivity index (χ3n) is 2.88. The van der Waals surface area contributed by atoms with Crippen LogP contribution in [0, 0.1) is 0 Å². The Hall–Kier alpha value is -0.910.